The Bertz CT molecular complexity index is 359. The molecule has 1 heterocycles. The lowest BCUT2D eigenvalue weighted by Crippen LogP contribution is -2.13. The van der Waals surface area contributed by atoms with Gasteiger partial charge in [0.25, 0.3) is 5.91 Å². The minimum absolute atomic E-state index is 0.119. The number of aryl methyl sites for hydroxylation is 2. The Hall–Kier alpha value is -1.63. The molecule has 0 aliphatic heterocycles. The van der Waals surface area contributed by atoms with Crippen LogP contribution in [0, 0.1) is 18.3 Å². The van der Waals surface area contributed by atoms with Crippen molar-refractivity contribution in [3.63, 3.8) is 0 Å². The van der Waals surface area contributed by atoms with E-state index in [0.717, 1.165) is 17.8 Å². The summed E-state index contributed by atoms with van der Waals surface area (Å²) in [5, 5.41) is 12.4. The molecule has 13 heavy (non-hydrogen) atoms. The van der Waals surface area contributed by atoms with Crippen molar-refractivity contribution >= 4 is 5.91 Å². The maximum atomic E-state index is 11.3. The number of carbonyl (C=O) groups is 1. The van der Waals surface area contributed by atoms with Crippen LogP contribution in [0.3, 0.4) is 0 Å². The molecule has 0 spiro atoms. The van der Waals surface area contributed by atoms with E-state index in [1.165, 1.54) is 4.68 Å². The molecule has 4 heteroatoms. The molecule has 0 aromatic carbocycles. The molecule has 0 saturated carbocycles. The van der Waals surface area contributed by atoms with Crippen molar-refractivity contribution in [2.75, 3.05) is 0 Å². The fourth-order valence-corrected chi connectivity index (χ4v) is 1.11. The second-order valence-electron chi connectivity index (χ2n) is 2.77. The molecule has 0 amide bonds. The molecule has 4 nitrogen and oxygen atoms in total. The van der Waals surface area contributed by atoms with E-state index in [9.17, 15) is 4.79 Å². The second-order valence-corrected chi connectivity index (χ2v) is 2.77. The average Bonchev–Trinajstić information content (AvgIpc) is 2.47. The van der Waals surface area contributed by atoms with Crippen LogP contribution in [0.4, 0.5) is 0 Å². The second kappa shape index (κ2) is 3.85. The highest BCUT2D eigenvalue weighted by atomic mass is 16.2. The maximum absolute atomic E-state index is 11.3. The molecule has 0 saturated heterocycles. The molecule has 0 unspecified atom stereocenters. The minimum atomic E-state index is -0.264. The predicted octanol–water partition coefficient (Wildman–Crippen LogP) is 1.31. The largest absolute Gasteiger partial charge is 0.271 e. The van der Waals surface area contributed by atoms with Gasteiger partial charge in [-0.1, -0.05) is 6.92 Å². The van der Waals surface area contributed by atoms with Gasteiger partial charge in [0.05, 0.1) is 11.8 Å². The molecular formula is C9H11N3O. The van der Waals surface area contributed by atoms with E-state index >= 15 is 0 Å². The number of hydrogen-bond acceptors (Lipinski definition) is 3. The summed E-state index contributed by atoms with van der Waals surface area (Å²) in [5.41, 5.74) is 1.67. The molecule has 0 N–H and O–H groups in total. The molecule has 0 radical (unpaired) electrons. The van der Waals surface area contributed by atoms with Gasteiger partial charge in [0.1, 0.15) is 6.42 Å². The zero-order chi connectivity index (χ0) is 9.84. The van der Waals surface area contributed by atoms with Crippen LogP contribution in [0.15, 0.2) is 6.07 Å². The van der Waals surface area contributed by atoms with E-state index in [4.69, 9.17) is 5.26 Å². The Morgan fingerprint density at radius 1 is 1.77 bits per heavy atom. The summed E-state index contributed by atoms with van der Waals surface area (Å²) in [5.74, 6) is -0.264. The summed E-state index contributed by atoms with van der Waals surface area (Å²) >= 11 is 0. The monoisotopic (exact) mass is 177 g/mol. The van der Waals surface area contributed by atoms with Crippen molar-refractivity contribution in [1.29, 1.82) is 5.26 Å². The van der Waals surface area contributed by atoms with E-state index < -0.39 is 0 Å². The average molecular weight is 177 g/mol. The fraction of sp³-hybridized carbons (Fsp3) is 0.444. The number of carbonyl (C=O) groups excluding carboxylic acids is 1. The first-order chi connectivity index (χ1) is 6.19. The molecule has 1 aromatic heterocycles. The van der Waals surface area contributed by atoms with Gasteiger partial charge < -0.3 is 0 Å². The molecule has 1 rings (SSSR count). The first kappa shape index (κ1) is 9.46. The molecule has 68 valence electrons. The van der Waals surface area contributed by atoms with Gasteiger partial charge in [-0.3, -0.25) is 4.79 Å². The van der Waals surface area contributed by atoms with Gasteiger partial charge in [-0.05, 0) is 19.4 Å². The Balaban J connectivity index is 2.95. The highest BCUT2D eigenvalue weighted by Gasteiger charge is 2.09. The van der Waals surface area contributed by atoms with Gasteiger partial charge in [-0.2, -0.15) is 10.4 Å². The Morgan fingerprint density at radius 2 is 2.46 bits per heavy atom. The van der Waals surface area contributed by atoms with Gasteiger partial charge in [0, 0.05) is 5.69 Å². The SMILES string of the molecule is CCc1cc(C)n(C(=O)CC#N)n1. The van der Waals surface area contributed by atoms with Gasteiger partial charge >= 0.3 is 0 Å². The Labute approximate surface area is 76.8 Å². The quantitative estimate of drug-likeness (QED) is 0.684. The van der Waals surface area contributed by atoms with Crippen LogP contribution in [-0.4, -0.2) is 15.7 Å². The van der Waals surface area contributed by atoms with Crippen LogP contribution >= 0.6 is 0 Å². The van der Waals surface area contributed by atoms with E-state index in [0.29, 0.717) is 0 Å². The normalized spacial score (nSPS) is 9.62. The van der Waals surface area contributed by atoms with Crippen LogP contribution < -0.4 is 0 Å². The van der Waals surface area contributed by atoms with Gasteiger partial charge in [0.15, 0.2) is 0 Å². The smallest absolute Gasteiger partial charge is 0.261 e. The van der Waals surface area contributed by atoms with Gasteiger partial charge in [0.2, 0.25) is 0 Å². The van der Waals surface area contributed by atoms with E-state index in [2.05, 4.69) is 5.10 Å². The standard InChI is InChI=1S/C9H11N3O/c1-3-8-6-7(2)12(11-8)9(13)4-5-10/h6H,3-4H2,1-2H3. The molecule has 0 aliphatic carbocycles. The Kier molecular flexibility index (Phi) is 2.80. The zero-order valence-electron chi connectivity index (χ0n) is 7.74. The lowest BCUT2D eigenvalue weighted by atomic mass is 10.3. The number of nitrogens with zero attached hydrogens (tertiary/aromatic N) is 3. The van der Waals surface area contributed by atoms with Crippen LogP contribution in [-0.2, 0) is 6.42 Å². The third-order valence-corrected chi connectivity index (χ3v) is 1.77. The highest BCUT2D eigenvalue weighted by Crippen LogP contribution is 2.04. The predicted molar refractivity (Wildman–Crippen MR) is 47.2 cm³/mol. The maximum Gasteiger partial charge on any atom is 0.261 e. The van der Waals surface area contributed by atoms with Gasteiger partial charge in [-0.25, -0.2) is 4.68 Å². The number of hydrogen-bond donors (Lipinski definition) is 0. The van der Waals surface area contributed by atoms with Crippen LogP contribution in [0.5, 0.6) is 0 Å². The van der Waals surface area contributed by atoms with E-state index in [1.54, 1.807) is 6.92 Å². The summed E-state index contributed by atoms with van der Waals surface area (Å²) in [6.07, 6.45) is 0.680. The zero-order valence-corrected chi connectivity index (χ0v) is 7.74. The van der Waals surface area contributed by atoms with Crippen LogP contribution in [0.2, 0.25) is 0 Å². The lowest BCUT2D eigenvalue weighted by molar-refractivity contribution is 0.0901. The van der Waals surface area contributed by atoms with Crippen molar-refractivity contribution < 1.29 is 4.79 Å². The molecular weight excluding hydrogens is 166 g/mol. The number of nitriles is 1. The summed E-state index contributed by atoms with van der Waals surface area (Å²) in [6, 6.07) is 3.67. The lowest BCUT2D eigenvalue weighted by Gasteiger charge is -1.96. The van der Waals surface area contributed by atoms with Crippen molar-refractivity contribution in [3.05, 3.63) is 17.5 Å². The van der Waals surface area contributed by atoms with Crippen molar-refractivity contribution in [1.82, 2.24) is 9.78 Å². The van der Waals surface area contributed by atoms with Crippen molar-refractivity contribution in [2.24, 2.45) is 0 Å². The molecule has 0 fully saturated rings. The first-order valence-corrected chi connectivity index (χ1v) is 4.14. The fourth-order valence-electron chi connectivity index (χ4n) is 1.11. The van der Waals surface area contributed by atoms with Gasteiger partial charge in [-0.15, -0.1) is 0 Å². The van der Waals surface area contributed by atoms with E-state index in [-0.39, 0.29) is 12.3 Å². The molecule has 0 aliphatic rings. The molecule has 0 bridgehead atoms. The number of rotatable bonds is 2. The van der Waals surface area contributed by atoms with E-state index in [1.807, 2.05) is 19.1 Å². The minimum Gasteiger partial charge on any atom is -0.271 e. The third-order valence-electron chi connectivity index (χ3n) is 1.77. The summed E-state index contributed by atoms with van der Waals surface area (Å²) in [7, 11) is 0. The first-order valence-electron chi connectivity index (χ1n) is 4.14. The highest BCUT2D eigenvalue weighted by molar-refractivity contribution is 5.80. The van der Waals surface area contributed by atoms with Crippen molar-refractivity contribution in [3.8, 4) is 6.07 Å². The third kappa shape index (κ3) is 1.94. The summed E-state index contributed by atoms with van der Waals surface area (Å²) in [6.45, 7) is 3.78. The van der Waals surface area contributed by atoms with Crippen molar-refractivity contribution in [2.45, 2.75) is 26.7 Å². The van der Waals surface area contributed by atoms with Crippen LogP contribution in [0.1, 0.15) is 29.5 Å². The number of aromatic nitrogens is 2. The molecule has 1 aromatic rings. The summed E-state index contributed by atoms with van der Waals surface area (Å²) < 4.78 is 1.29. The van der Waals surface area contributed by atoms with Crippen LogP contribution in [0.25, 0.3) is 0 Å². The Morgan fingerprint density at radius 3 is 2.92 bits per heavy atom. The summed E-state index contributed by atoms with van der Waals surface area (Å²) in [4.78, 5) is 11.3. The molecule has 0 atom stereocenters. The topological polar surface area (TPSA) is 58.7 Å².